The minimum absolute atomic E-state index is 0.540. The average molecular weight is 261 g/mol. The molecule has 2 rings (SSSR count). The zero-order valence-electron chi connectivity index (χ0n) is 8.24. The van der Waals surface area contributed by atoms with Gasteiger partial charge in [-0.1, -0.05) is 34.8 Å². The maximum absolute atomic E-state index is 6.22. The second-order valence-corrected chi connectivity index (χ2v) is 4.64. The van der Waals surface area contributed by atoms with E-state index in [0.29, 0.717) is 15.1 Å². The van der Waals surface area contributed by atoms with Crippen LogP contribution in [-0.4, -0.2) is 4.98 Å². The fourth-order valence-electron chi connectivity index (χ4n) is 1.48. The van der Waals surface area contributed by atoms with E-state index in [1.807, 2.05) is 13.8 Å². The highest BCUT2D eigenvalue weighted by Crippen LogP contribution is 2.34. The van der Waals surface area contributed by atoms with Crippen molar-refractivity contribution in [2.24, 2.45) is 0 Å². The van der Waals surface area contributed by atoms with Gasteiger partial charge in [0.15, 0.2) is 0 Å². The van der Waals surface area contributed by atoms with Gasteiger partial charge >= 0.3 is 0 Å². The van der Waals surface area contributed by atoms with Crippen molar-refractivity contribution in [3.8, 4) is 0 Å². The molecule has 78 valence electrons. The third-order valence-corrected chi connectivity index (χ3v) is 3.40. The summed E-state index contributed by atoms with van der Waals surface area (Å²) < 4.78 is 0. The molecule has 0 saturated heterocycles. The Morgan fingerprint density at radius 1 is 1.07 bits per heavy atom. The molecule has 0 saturated carbocycles. The Morgan fingerprint density at radius 2 is 1.73 bits per heavy atom. The number of benzene rings is 1. The van der Waals surface area contributed by atoms with Crippen LogP contribution in [0.4, 0.5) is 0 Å². The highest BCUT2D eigenvalue weighted by atomic mass is 35.5. The highest BCUT2D eigenvalue weighted by Gasteiger charge is 2.11. The molecule has 4 heteroatoms. The summed E-state index contributed by atoms with van der Waals surface area (Å²) in [5.74, 6) is 0. The van der Waals surface area contributed by atoms with Crippen LogP contribution < -0.4 is 0 Å². The molecular weight excluding hydrogens is 252 g/mol. The van der Waals surface area contributed by atoms with E-state index < -0.39 is 0 Å². The number of pyridine rings is 1. The van der Waals surface area contributed by atoms with Crippen LogP contribution in [0.2, 0.25) is 15.1 Å². The van der Waals surface area contributed by atoms with E-state index in [-0.39, 0.29) is 0 Å². The van der Waals surface area contributed by atoms with E-state index in [9.17, 15) is 0 Å². The molecular formula is C11H8Cl3N. The summed E-state index contributed by atoms with van der Waals surface area (Å²) >= 11 is 18.2. The Kier molecular flexibility index (Phi) is 2.80. The van der Waals surface area contributed by atoms with Crippen LogP contribution in [-0.2, 0) is 0 Å². The van der Waals surface area contributed by atoms with Crippen molar-refractivity contribution in [2.45, 2.75) is 13.8 Å². The average Bonchev–Trinajstić information content (AvgIpc) is 2.13. The van der Waals surface area contributed by atoms with Crippen LogP contribution in [0.15, 0.2) is 12.1 Å². The molecule has 0 radical (unpaired) electrons. The van der Waals surface area contributed by atoms with Gasteiger partial charge in [0.1, 0.15) is 0 Å². The lowest BCUT2D eigenvalue weighted by Gasteiger charge is -2.08. The lowest BCUT2D eigenvalue weighted by Crippen LogP contribution is -1.91. The Labute approximate surface area is 103 Å². The van der Waals surface area contributed by atoms with Gasteiger partial charge in [-0.3, -0.25) is 4.98 Å². The van der Waals surface area contributed by atoms with Crippen molar-refractivity contribution in [3.63, 3.8) is 0 Å². The molecule has 0 N–H and O–H groups in total. The monoisotopic (exact) mass is 259 g/mol. The maximum atomic E-state index is 6.22. The summed E-state index contributed by atoms with van der Waals surface area (Å²) in [6.07, 6.45) is 0. The first-order valence-corrected chi connectivity index (χ1v) is 5.55. The summed E-state index contributed by atoms with van der Waals surface area (Å²) in [6.45, 7) is 3.84. The van der Waals surface area contributed by atoms with Crippen LogP contribution in [0.3, 0.4) is 0 Å². The normalized spacial score (nSPS) is 11.0. The van der Waals surface area contributed by atoms with Gasteiger partial charge in [-0.15, -0.1) is 0 Å². The zero-order valence-corrected chi connectivity index (χ0v) is 10.5. The first kappa shape index (κ1) is 11.0. The molecule has 0 bridgehead atoms. The van der Waals surface area contributed by atoms with Crippen molar-refractivity contribution < 1.29 is 0 Å². The van der Waals surface area contributed by atoms with E-state index >= 15 is 0 Å². The molecule has 1 aromatic carbocycles. The third-order valence-electron chi connectivity index (χ3n) is 2.41. The molecule has 1 nitrogen and oxygen atoms in total. The summed E-state index contributed by atoms with van der Waals surface area (Å²) in [4.78, 5) is 4.40. The third kappa shape index (κ3) is 1.80. The smallest absolute Gasteiger partial charge is 0.0750 e. The van der Waals surface area contributed by atoms with Gasteiger partial charge in [0, 0.05) is 16.1 Å². The molecule has 1 heterocycles. The lowest BCUT2D eigenvalue weighted by molar-refractivity contribution is 1.20. The Balaban J connectivity index is 2.99. The minimum Gasteiger partial charge on any atom is -0.253 e. The van der Waals surface area contributed by atoms with E-state index in [1.165, 1.54) is 0 Å². The van der Waals surface area contributed by atoms with E-state index in [0.717, 1.165) is 22.2 Å². The van der Waals surface area contributed by atoms with Crippen molar-refractivity contribution >= 4 is 45.7 Å². The topological polar surface area (TPSA) is 12.9 Å². The second kappa shape index (κ2) is 3.82. The molecule has 0 aliphatic heterocycles. The van der Waals surface area contributed by atoms with Crippen LogP contribution in [0, 0.1) is 13.8 Å². The van der Waals surface area contributed by atoms with Crippen molar-refractivity contribution in [3.05, 3.63) is 38.5 Å². The number of halogens is 3. The molecule has 0 amide bonds. The maximum Gasteiger partial charge on any atom is 0.0750 e. The minimum atomic E-state index is 0.540. The summed E-state index contributed by atoms with van der Waals surface area (Å²) in [6, 6.07) is 3.44. The Morgan fingerprint density at radius 3 is 2.40 bits per heavy atom. The molecule has 0 unspecified atom stereocenters. The Bertz CT molecular complexity index is 549. The summed E-state index contributed by atoms with van der Waals surface area (Å²) in [5, 5.41) is 2.53. The van der Waals surface area contributed by atoms with Gasteiger partial charge in [-0.25, -0.2) is 0 Å². The number of fused-ring (bicyclic) bond motifs is 1. The van der Waals surface area contributed by atoms with E-state index in [2.05, 4.69) is 4.98 Å². The SMILES string of the molecule is Cc1nc2cc(Cl)cc(Cl)c2c(Cl)c1C. The molecule has 0 aliphatic carbocycles. The number of hydrogen-bond acceptors (Lipinski definition) is 1. The summed E-state index contributed by atoms with van der Waals surface area (Å²) in [7, 11) is 0. The van der Waals surface area contributed by atoms with Gasteiger partial charge < -0.3 is 0 Å². The summed E-state index contributed by atoms with van der Waals surface area (Å²) in [5.41, 5.74) is 2.58. The predicted octanol–water partition coefficient (Wildman–Crippen LogP) is 4.81. The van der Waals surface area contributed by atoms with Crippen molar-refractivity contribution in [1.29, 1.82) is 0 Å². The molecule has 0 aliphatic rings. The van der Waals surface area contributed by atoms with Crippen molar-refractivity contribution in [1.82, 2.24) is 4.98 Å². The highest BCUT2D eigenvalue weighted by molar-refractivity contribution is 6.43. The van der Waals surface area contributed by atoms with Crippen molar-refractivity contribution in [2.75, 3.05) is 0 Å². The predicted molar refractivity (Wildman–Crippen MR) is 66.2 cm³/mol. The van der Waals surface area contributed by atoms with Crippen LogP contribution >= 0.6 is 34.8 Å². The second-order valence-electron chi connectivity index (χ2n) is 3.42. The molecule has 15 heavy (non-hydrogen) atoms. The molecule has 0 atom stereocenters. The first-order valence-electron chi connectivity index (χ1n) is 4.42. The number of nitrogens with zero attached hydrogens (tertiary/aromatic N) is 1. The molecule has 0 fully saturated rings. The number of hydrogen-bond donors (Lipinski definition) is 0. The lowest BCUT2D eigenvalue weighted by atomic mass is 10.1. The number of rotatable bonds is 0. The number of aromatic nitrogens is 1. The van der Waals surface area contributed by atoms with Crippen LogP contribution in [0.25, 0.3) is 10.9 Å². The number of aryl methyl sites for hydroxylation is 1. The molecule has 0 spiro atoms. The van der Waals surface area contributed by atoms with Gasteiger partial charge in [0.05, 0.1) is 15.6 Å². The molecule has 2 aromatic rings. The Hall–Kier alpha value is -0.500. The van der Waals surface area contributed by atoms with E-state index in [1.54, 1.807) is 12.1 Å². The van der Waals surface area contributed by atoms with Crippen LogP contribution in [0.5, 0.6) is 0 Å². The quantitative estimate of drug-likeness (QED) is 0.662. The fourth-order valence-corrected chi connectivity index (χ4v) is 2.44. The molecule has 1 aromatic heterocycles. The fraction of sp³-hybridized carbons (Fsp3) is 0.182. The van der Waals surface area contributed by atoms with Gasteiger partial charge in [0.25, 0.3) is 0 Å². The zero-order chi connectivity index (χ0) is 11.2. The largest absolute Gasteiger partial charge is 0.253 e. The van der Waals surface area contributed by atoms with Gasteiger partial charge in [0.2, 0.25) is 0 Å². The van der Waals surface area contributed by atoms with E-state index in [4.69, 9.17) is 34.8 Å². The van der Waals surface area contributed by atoms with Gasteiger partial charge in [-0.2, -0.15) is 0 Å². The van der Waals surface area contributed by atoms with Crippen LogP contribution in [0.1, 0.15) is 11.3 Å². The standard InChI is InChI=1S/C11H8Cl3N/c1-5-6(2)15-9-4-7(12)3-8(13)10(9)11(5)14/h3-4H,1-2H3. The first-order chi connectivity index (χ1) is 7.00. The van der Waals surface area contributed by atoms with Gasteiger partial charge in [-0.05, 0) is 31.5 Å².